The van der Waals surface area contributed by atoms with E-state index in [0.29, 0.717) is 19.4 Å². The highest BCUT2D eigenvalue weighted by Crippen LogP contribution is 2.24. The summed E-state index contributed by atoms with van der Waals surface area (Å²) in [7, 11) is 0. The second kappa shape index (κ2) is 10.8. The zero-order chi connectivity index (χ0) is 15.4. The number of aliphatic hydroxyl groups excluding tert-OH is 1. The topological polar surface area (TPSA) is 60.7 Å². The first-order valence-electron chi connectivity index (χ1n) is 8.21. The molecule has 0 atom stereocenters. The third-order valence-electron chi connectivity index (χ3n) is 3.88. The van der Waals surface area contributed by atoms with Gasteiger partial charge in [0.2, 0.25) is 0 Å². The van der Waals surface area contributed by atoms with Crippen LogP contribution in [0, 0.1) is 0 Å². The van der Waals surface area contributed by atoms with Crippen LogP contribution in [-0.4, -0.2) is 27.7 Å². The zero-order valence-corrected chi connectivity index (χ0v) is 13.0. The van der Waals surface area contributed by atoms with Gasteiger partial charge in [0.15, 0.2) is 5.79 Å². The van der Waals surface area contributed by atoms with Gasteiger partial charge in [-0.15, -0.1) is 0 Å². The molecule has 120 valence electrons. The van der Waals surface area contributed by atoms with E-state index in [9.17, 15) is 0 Å². The average Bonchev–Trinajstić information content (AvgIpc) is 2.73. The first kappa shape index (κ1) is 18.1. The predicted molar refractivity (Wildman–Crippen MR) is 86.8 cm³/mol. The van der Waals surface area contributed by atoms with Gasteiger partial charge in [-0.05, 0) is 38.5 Å². The van der Waals surface area contributed by atoms with Crippen LogP contribution in [0.5, 0.6) is 0 Å². The van der Waals surface area contributed by atoms with E-state index in [2.05, 4.69) is 30.4 Å². The third-order valence-corrected chi connectivity index (χ3v) is 3.88. The molecule has 0 aliphatic heterocycles. The van der Waals surface area contributed by atoms with Gasteiger partial charge in [0.05, 0.1) is 0 Å². The van der Waals surface area contributed by atoms with Crippen LogP contribution in [0.3, 0.4) is 0 Å². The average molecular weight is 294 g/mol. The van der Waals surface area contributed by atoms with E-state index in [-0.39, 0.29) is 0 Å². The Balaban J connectivity index is 0.000000235. The second-order valence-electron chi connectivity index (χ2n) is 5.92. The summed E-state index contributed by atoms with van der Waals surface area (Å²) in [6, 6.07) is 0. The lowest BCUT2D eigenvalue weighted by Gasteiger charge is -2.25. The van der Waals surface area contributed by atoms with Crippen LogP contribution in [0.25, 0.3) is 0 Å². The van der Waals surface area contributed by atoms with Gasteiger partial charge < -0.3 is 15.3 Å². The molecule has 0 unspecified atom stereocenters. The molecule has 21 heavy (non-hydrogen) atoms. The van der Waals surface area contributed by atoms with E-state index < -0.39 is 5.79 Å². The van der Waals surface area contributed by atoms with Crippen molar-refractivity contribution in [2.75, 3.05) is 6.61 Å². The van der Waals surface area contributed by atoms with Gasteiger partial charge in [-0.2, -0.15) is 0 Å². The Morgan fingerprint density at radius 1 is 0.905 bits per heavy atom. The molecule has 0 spiro atoms. The fraction of sp³-hybridized carbons (Fsp3) is 0.667. The summed E-state index contributed by atoms with van der Waals surface area (Å²) in [6.45, 7) is 0.332. The van der Waals surface area contributed by atoms with Crippen molar-refractivity contribution in [3.05, 3.63) is 36.0 Å². The van der Waals surface area contributed by atoms with Gasteiger partial charge in [0.1, 0.15) is 0 Å². The Morgan fingerprint density at radius 3 is 2.29 bits per heavy atom. The van der Waals surface area contributed by atoms with Crippen LogP contribution in [0.15, 0.2) is 36.0 Å². The van der Waals surface area contributed by atoms with Gasteiger partial charge in [-0.1, -0.05) is 48.8 Å². The zero-order valence-electron chi connectivity index (χ0n) is 13.0. The summed E-state index contributed by atoms with van der Waals surface area (Å²) in [4.78, 5) is 0. The number of hydrogen-bond acceptors (Lipinski definition) is 3. The summed E-state index contributed by atoms with van der Waals surface area (Å²) in [5.41, 5.74) is 1.50. The standard InChI is InChI=1S/C12H18O.C6H12O2/c13-11-7-3-6-10-12-8-4-1-2-5-9-12;7-6(8)4-2-1-3-5-6/h1-2,4-5,8,13H,3,6-7,9-11H2;7-8H,1-5H2. The van der Waals surface area contributed by atoms with Crippen molar-refractivity contribution < 1.29 is 15.3 Å². The van der Waals surface area contributed by atoms with Gasteiger partial charge in [0, 0.05) is 19.4 Å². The fourth-order valence-electron chi connectivity index (χ4n) is 2.57. The number of aliphatic hydroxyl groups is 3. The minimum atomic E-state index is -1.32. The summed E-state index contributed by atoms with van der Waals surface area (Å²) < 4.78 is 0. The lowest BCUT2D eigenvalue weighted by molar-refractivity contribution is -0.180. The number of rotatable bonds is 5. The molecule has 0 bridgehead atoms. The molecular formula is C18H30O3. The van der Waals surface area contributed by atoms with Crippen LogP contribution in [0.1, 0.15) is 64.2 Å². The quantitative estimate of drug-likeness (QED) is 0.536. The van der Waals surface area contributed by atoms with Crippen molar-refractivity contribution in [2.24, 2.45) is 0 Å². The Labute approximate surface area is 128 Å². The molecule has 0 saturated heterocycles. The molecule has 0 heterocycles. The maximum atomic E-state index is 8.93. The molecule has 3 nitrogen and oxygen atoms in total. The predicted octanol–water partition coefficient (Wildman–Crippen LogP) is 3.61. The molecule has 2 rings (SSSR count). The SMILES string of the molecule is OC1(O)CCCCC1.OCCCCCC1=CC=CC=CC1. The van der Waals surface area contributed by atoms with Crippen LogP contribution < -0.4 is 0 Å². The minimum Gasteiger partial charge on any atom is -0.396 e. The smallest absolute Gasteiger partial charge is 0.162 e. The summed E-state index contributed by atoms with van der Waals surface area (Å²) in [6.07, 6.45) is 20.4. The third kappa shape index (κ3) is 9.62. The van der Waals surface area contributed by atoms with E-state index in [4.69, 9.17) is 15.3 Å². The van der Waals surface area contributed by atoms with E-state index in [1.807, 2.05) is 0 Å². The number of hydrogen-bond donors (Lipinski definition) is 3. The molecule has 3 heteroatoms. The molecule has 1 saturated carbocycles. The largest absolute Gasteiger partial charge is 0.396 e. The summed E-state index contributed by atoms with van der Waals surface area (Å²) in [5, 5.41) is 26.5. The second-order valence-corrected chi connectivity index (χ2v) is 5.92. The van der Waals surface area contributed by atoms with Crippen LogP contribution in [0.2, 0.25) is 0 Å². The normalized spacial score (nSPS) is 20.2. The molecular weight excluding hydrogens is 264 g/mol. The molecule has 2 aliphatic rings. The first-order valence-corrected chi connectivity index (χ1v) is 8.21. The molecule has 0 aromatic rings. The van der Waals surface area contributed by atoms with Crippen LogP contribution in [-0.2, 0) is 0 Å². The molecule has 3 N–H and O–H groups in total. The molecule has 1 fully saturated rings. The molecule has 0 aromatic heterocycles. The molecule has 2 aliphatic carbocycles. The van der Waals surface area contributed by atoms with Gasteiger partial charge in [-0.3, -0.25) is 0 Å². The van der Waals surface area contributed by atoms with Crippen molar-refractivity contribution in [3.8, 4) is 0 Å². The highest BCUT2D eigenvalue weighted by Gasteiger charge is 2.24. The van der Waals surface area contributed by atoms with E-state index in [0.717, 1.165) is 38.5 Å². The summed E-state index contributed by atoms with van der Waals surface area (Å²) in [5.74, 6) is -1.32. The lowest BCUT2D eigenvalue weighted by atomic mass is 9.95. The van der Waals surface area contributed by atoms with E-state index in [1.54, 1.807) is 0 Å². The van der Waals surface area contributed by atoms with Crippen molar-refractivity contribution in [3.63, 3.8) is 0 Å². The summed E-state index contributed by atoms with van der Waals surface area (Å²) >= 11 is 0. The van der Waals surface area contributed by atoms with Crippen molar-refractivity contribution in [1.29, 1.82) is 0 Å². The minimum absolute atomic E-state index is 0.332. The fourth-order valence-corrected chi connectivity index (χ4v) is 2.57. The maximum absolute atomic E-state index is 8.93. The van der Waals surface area contributed by atoms with Crippen molar-refractivity contribution >= 4 is 0 Å². The number of unbranched alkanes of at least 4 members (excludes halogenated alkanes) is 2. The molecule has 0 aromatic carbocycles. The monoisotopic (exact) mass is 294 g/mol. The Hall–Kier alpha value is -0.900. The Morgan fingerprint density at radius 2 is 1.67 bits per heavy atom. The van der Waals surface area contributed by atoms with Crippen LogP contribution >= 0.6 is 0 Å². The van der Waals surface area contributed by atoms with Crippen molar-refractivity contribution in [1.82, 2.24) is 0 Å². The van der Waals surface area contributed by atoms with Crippen molar-refractivity contribution in [2.45, 2.75) is 70.0 Å². The van der Waals surface area contributed by atoms with Gasteiger partial charge >= 0.3 is 0 Å². The Kier molecular flexibility index (Phi) is 9.31. The first-order chi connectivity index (χ1) is 10.1. The number of allylic oxidation sites excluding steroid dienone is 6. The van der Waals surface area contributed by atoms with Gasteiger partial charge in [0.25, 0.3) is 0 Å². The highest BCUT2D eigenvalue weighted by molar-refractivity contribution is 5.23. The van der Waals surface area contributed by atoms with E-state index in [1.165, 1.54) is 18.4 Å². The van der Waals surface area contributed by atoms with E-state index >= 15 is 0 Å². The lowest BCUT2D eigenvalue weighted by Crippen LogP contribution is -2.30. The Bertz CT molecular complexity index is 345. The molecule has 0 amide bonds. The van der Waals surface area contributed by atoms with Crippen LogP contribution in [0.4, 0.5) is 0 Å². The maximum Gasteiger partial charge on any atom is 0.162 e. The highest BCUT2D eigenvalue weighted by atomic mass is 16.5. The van der Waals surface area contributed by atoms with Gasteiger partial charge in [-0.25, -0.2) is 0 Å². The molecule has 0 radical (unpaired) electrons.